The summed E-state index contributed by atoms with van der Waals surface area (Å²) in [7, 11) is 0. The second-order valence-electron chi connectivity index (χ2n) is 6.04. The van der Waals surface area contributed by atoms with Crippen LogP contribution in [0.15, 0.2) is 46.9 Å². The van der Waals surface area contributed by atoms with Crippen molar-refractivity contribution in [3.63, 3.8) is 0 Å². The third kappa shape index (κ3) is 2.09. The smallest absolute Gasteiger partial charge is 0.135 e. The standard InChI is InChI=1S/C20H18O/c1-13-3-6-15(7-4-13)16-8-10-20-18(12-16)17-11-14(2)5-9-19(17)21-20/h3-4,6-12,14H,5H2,1-2H3/t14-/m1/s1. The molecular formula is C20H18O. The highest BCUT2D eigenvalue weighted by Gasteiger charge is 2.10. The normalized spacial score (nSPS) is 17.1. The highest BCUT2D eigenvalue weighted by Crippen LogP contribution is 2.23. The van der Waals surface area contributed by atoms with Gasteiger partial charge >= 0.3 is 0 Å². The van der Waals surface area contributed by atoms with Gasteiger partial charge in [0.25, 0.3) is 0 Å². The Hall–Kier alpha value is -2.28. The monoisotopic (exact) mass is 274 g/mol. The molecule has 0 saturated carbocycles. The molecule has 0 aliphatic heterocycles. The van der Waals surface area contributed by atoms with Crippen LogP contribution in [0.2, 0.25) is 0 Å². The average molecular weight is 274 g/mol. The Morgan fingerprint density at radius 3 is 2.57 bits per heavy atom. The summed E-state index contributed by atoms with van der Waals surface area (Å²) >= 11 is 0. The van der Waals surface area contributed by atoms with Crippen LogP contribution >= 0.6 is 0 Å². The lowest BCUT2D eigenvalue weighted by atomic mass is 9.99. The highest BCUT2D eigenvalue weighted by molar-refractivity contribution is 5.85. The van der Waals surface area contributed by atoms with Crippen LogP contribution in [0, 0.1) is 12.8 Å². The van der Waals surface area contributed by atoms with E-state index in [4.69, 9.17) is 4.42 Å². The molecule has 0 spiro atoms. The predicted molar refractivity (Wildman–Crippen MR) is 88.3 cm³/mol. The second kappa shape index (κ2) is 4.63. The number of fused-ring (bicyclic) bond motifs is 3. The summed E-state index contributed by atoms with van der Waals surface area (Å²) in [4.78, 5) is 0. The van der Waals surface area contributed by atoms with Gasteiger partial charge in [-0.25, -0.2) is 0 Å². The quantitative estimate of drug-likeness (QED) is 0.653. The molecule has 1 aliphatic carbocycles. The van der Waals surface area contributed by atoms with Crippen LogP contribution in [-0.2, 0) is 0 Å². The second-order valence-corrected chi connectivity index (χ2v) is 6.04. The van der Waals surface area contributed by atoms with E-state index in [2.05, 4.69) is 68.5 Å². The molecule has 2 aromatic carbocycles. The lowest BCUT2D eigenvalue weighted by Crippen LogP contribution is -2.24. The van der Waals surface area contributed by atoms with E-state index in [1.807, 2.05) is 0 Å². The Morgan fingerprint density at radius 2 is 1.76 bits per heavy atom. The maximum Gasteiger partial charge on any atom is 0.135 e. The number of aryl methyl sites for hydroxylation is 1. The number of rotatable bonds is 1. The van der Waals surface area contributed by atoms with Crippen molar-refractivity contribution in [1.29, 1.82) is 0 Å². The van der Waals surface area contributed by atoms with E-state index in [0.29, 0.717) is 5.92 Å². The molecule has 1 aliphatic rings. The maximum absolute atomic E-state index is 5.96. The lowest BCUT2D eigenvalue weighted by molar-refractivity contribution is 0.567. The van der Waals surface area contributed by atoms with Crippen LogP contribution in [0.1, 0.15) is 18.9 Å². The van der Waals surface area contributed by atoms with Gasteiger partial charge in [-0.15, -0.1) is 0 Å². The molecule has 0 bridgehead atoms. The zero-order valence-corrected chi connectivity index (χ0v) is 12.4. The number of furan rings is 1. The Morgan fingerprint density at radius 1 is 1.00 bits per heavy atom. The van der Waals surface area contributed by atoms with Crippen LogP contribution in [0.25, 0.3) is 34.2 Å². The first-order valence-electron chi connectivity index (χ1n) is 7.52. The van der Waals surface area contributed by atoms with Gasteiger partial charge < -0.3 is 4.42 Å². The first kappa shape index (κ1) is 12.5. The van der Waals surface area contributed by atoms with E-state index in [1.165, 1.54) is 27.3 Å². The summed E-state index contributed by atoms with van der Waals surface area (Å²) in [6, 6.07) is 15.2. The molecule has 0 amide bonds. The molecule has 4 rings (SSSR count). The van der Waals surface area contributed by atoms with Gasteiger partial charge in [0, 0.05) is 10.6 Å². The molecule has 1 nitrogen and oxygen atoms in total. The topological polar surface area (TPSA) is 13.1 Å². The SMILES string of the molecule is Cc1ccc(-c2ccc3oc4c(c3c2)=C[C@H](C)CC=4)cc1. The molecular weight excluding hydrogens is 256 g/mol. The van der Waals surface area contributed by atoms with Gasteiger partial charge in [-0.05, 0) is 48.6 Å². The Balaban J connectivity index is 1.96. The van der Waals surface area contributed by atoms with Crippen molar-refractivity contribution in [2.45, 2.75) is 20.3 Å². The van der Waals surface area contributed by atoms with Gasteiger partial charge in [-0.2, -0.15) is 0 Å². The van der Waals surface area contributed by atoms with Gasteiger partial charge in [0.15, 0.2) is 0 Å². The number of hydrogen-bond acceptors (Lipinski definition) is 1. The molecule has 104 valence electrons. The minimum Gasteiger partial charge on any atom is -0.456 e. The summed E-state index contributed by atoms with van der Waals surface area (Å²) in [5.74, 6) is 0.585. The van der Waals surface area contributed by atoms with Crippen molar-refractivity contribution in [2.24, 2.45) is 5.92 Å². The van der Waals surface area contributed by atoms with Crippen LogP contribution in [0.3, 0.4) is 0 Å². The van der Waals surface area contributed by atoms with Gasteiger partial charge in [0.05, 0.1) is 0 Å². The van der Waals surface area contributed by atoms with Gasteiger partial charge in [-0.3, -0.25) is 0 Å². The molecule has 1 atom stereocenters. The fourth-order valence-electron chi connectivity index (χ4n) is 3.03. The average Bonchev–Trinajstić information content (AvgIpc) is 2.85. The van der Waals surface area contributed by atoms with Gasteiger partial charge in [0.2, 0.25) is 0 Å². The summed E-state index contributed by atoms with van der Waals surface area (Å²) in [5, 5.41) is 2.49. The minimum absolute atomic E-state index is 0.585. The molecule has 1 heterocycles. The fourth-order valence-corrected chi connectivity index (χ4v) is 3.03. The molecule has 0 unspecified atom stereocenters. The van der Waals surface area contributed by atoms with E-state index in [9.17, 15) is 0 Å². The third-order valence-electron chi connectivity index (χ3n) is 4.27. The van der Waals surface area contributed by atoms with Crippen LogP contribution in [-0.4, -0.2) is 0 Å². The first-order valence-corrected chi connectivity index (χ1v) is 7.52. The zero-order valence-electron chi connectivity index (χ0n) is 12.4. The van der Waals surface area contributed by atoms with Crippen LogP contribution in [0.5, 0.6) is 0 Å². The maximum atomic E-state index is 5.96. The largest absolute Gasteiger partial charge is 0.456 e. The first-order chi connectivity index (χ1) is 10.2. The van der Waals surface area contributed by atoms with Crippen LogP contribution in [0.4, 0.5) is 0 Å². The van der Waals surface area contributed by atoms with Crippen molar-refractivity contribution in [1.82, 2.24) is 0 Å². The lowest BCUT2D eigenvalue weighted by Gasteiger charge is -2.04. The third-order valence-corrected chi connectivity index (χ3v) is 4.27. The fraction of sp³-hybridized carbons (Fsp3) is 0.200. The van der Waals surface area contributed by atoms with Crippen molar-refractivity contribution in [2.75, 3.05) is 0 Å². The summed E-state index contributed by atoms with van der Waals surface area (Å²) in [6.07, 6.45) is 5.61. The van der Waals surface area contributed by atoms with Crippen molar-refractivity contribution >= 4 is 23.1 Å². The van der Waals surface area contributed by atoms with Crippen molar-refractivity contribution < 1.29 is 4.42 Å². The van der Waals surface area contributed by atoms with E-state index < -0.39 is 0 Å². The minimum atomic E-state index is 0.585. The highest BCUT2D eigenvalue weighted by atomic mass is 16.3. The van der Waals surface area contributed by atoms with Crippen LogP contribution < -0.4 is 10.6 Å². The molecule has 0 radical (unpaired) electrons. The number of benzene rings is 2. The number of hydrogen-bond donors (Lipinski definition) is 0. The van der Waals surface area contributed by atoms with Gasteiger partial charge in [0.1, 0.15) is 11.0 Å². The molecule has 1 heteroatoms. The predicted octanol–water partition coefficient (Wildman–Crippen LogP) is 4.01. The molecule has 0 N–H and O–H groups in total. The summed E-state index contributed by atoms with van der Waals surface area (Å²) < 4.78 is 5.96. The Kier molecular flexibility index (Phi) is 2.75. The Bertz CT molecular complexity index is 926. The van der Waals surface area contributed by atoms with E-state index in [0.717, 1.165) is 17.4 Å². The van der Waals surface area contributed by atoms with E-state index >= 15 is 0 Å². The van der Waals surface area contributed by atoms with Gasteiger partial charge in [-0.1, -0.05) is 48.9 Å². The van der Waals surface area contributed by atoms with Crippen molar-refractivity contribution in [3.05, 3.63) is 58.7 Å². The molecule has 0 fully saturated rings. The molecule has 1 aromatic heterocycles. The Labute approximate surface area is 124 Å². The molecule has 21 heavy (non-hydrogen) atoms. The molecule has 0 saturated heterocycles. The summed E-state index contributed by atoms with van der Waals surface area (Å²) in [5.41, 5.74) is 5.81. The summed E-state index contributed by atoms with van der Waals surface area (Å²) in [6.45, 7) is 4.37. The van der Waals surface area contributed by atoms with Crippen molar-refractivity contribution in [3.8, 4) is 11.1 Å². The van der Waals surface area contributed by atoms with E-state index in [-0.39, 0.29) is 0 Å². The van der Waals surface area contributed by atoms with E-state index in [1.54, 1.807) is 0 Å². The zero-order chi connectivity index (χ0) is 14.4. The molecule has 3 aromatic rings.